The lowest BCUT2D eigenvalue weighted by Gasteiger charge is -2.25. The van der Waals surface area contributed by atoms with Gasteiger partial charge in [0.25, 0.3) is 10.1 Å². The Bertz CT molecular complexity index is 631. The Morgan fingerprint density at radius 1 is 1.48 bits per heavy atom. The first-order valence-electron chi connectivity index (χ1n) is 6.76. The van der Waals surface area contributed by atoms with Crippen molar-refractivity contribution in [3.8, 4) is 6.07 Å². The fraction of sp³-hybridized carbons (Fsp3) is 0.769. The largest absolute Gasteiger partial charge is 0.444 e. The van der Waals surface area contributed by atoms with Crippen LogP contribution in [0, 0.1) is 16.7 Å². The van der Waals surface area contributed by atoms with Crippen LogP contribution in [0.25, 0.3) is 0 Å². The second-order valence-corrected chi connectivity index (χ2v) is 7.86. The van der Waals surface area contributed by atoms with E-state index in [1.165, 1.54) is 12.0 Å². The van der Waals surface area contributed by atoms with Crippen LogP contribution in [-0.2, 0) is 23.9 Å². The van der Waals surface area contributed by atoms with E-state index in [1.807, 2.05) is 6.07 Å². The van der Waals surface area contributed by atoms with Crippen molar-refractivity contribution in [2.75, 3.05) is 33.1 Å². The first-order valence-corrected chi connectivity index (χ1v) is 8.58. The molecular formula is C13H21N3O6S. The monoisotopic (exact) mass is 347 g/mol. The third-order valence-corrected chi connectivity index (χ3v) is 3.49. The van der Waals surface area contributed by atoms with Crippen LogP contribution in [0.15, 0.2) is 5.16 Å². The average molecular weight is 347 g/mol. The van der Waals surface area contributed by atoms with Crippen LogP contribution >= 0.6 is 0 Å². The standard InChI is InChI=1S/C13H21N3O6S/c1-12(2,3)22-11(17)16-6-10(15-20-4)13(7-14,8-16)9-21-23(5,18)19/h6,8-9H2,1-5H3/b15-10+. The normalized spacial score (nSPS) is 23.7. The minimum atomic E-state index is -3.75. The molecule has 1 amide bonds. The van der Waals surface area contributed by atoms with Crippen LogP contribution in [0.5, 0.6) is 0 Å². The van der Waals surface area contributed by atoms with E-state index in [1.54, 1.807) is 20.8 Å². The highest BCUT2D eigenvalue weighted by molar-refractivity contribution is 7.85. The molecule has 130 valence electrons. The summed E-state index contributed by atoms with van der Waals surface area (Å²) in [5.74, 6) is 0. The Morgan fingerprint density at radius 2 is 2.09 bits per heavy atom. The summed E-state index contributed by atoms with van der Waals surface area (Å²) >= 11 is 0. The Kier molecular flexibility index (Phi) is 5.60. The summed E-state index contributed by atoms with van der Waals surface area (Å²) in [7, 11) is -2.45. The molecule has 1 heterocycles. The predicted molar refractivity (Wildman–Crippen MR) is 81.1 cm³/mol. The van der Waals surface area contributed by atoms with Crippen LogP contribution < -0.4 is 0 Å². The zero-order valence-electron chi connectivity index (χ0n) is 13.8. The lowest BCUT2D eigenvalue weighted by atomic mass is 9.88. The van der Waals surface area contributed by atoms with Gasteiger partial charge in [-0.3, -0.25) is 4.18 Å². The summed E-state index contributed by atoms with van der Waals surface area (Å²) in [6.07, 6.45) is 0.254. The van der Waals surface area contributed by atoms with Gasteiger partial charge in [-0.1, -0.05) is 5.16 Å². The molecule has 0 aliphatic carbocycles. The molecule has 0 radical (unpaired) electrons. The molecule has 0 saturated carbocycles. The number of ether oxygens (including phenoxy) is 1. The summed E-state index contributed by atoms with van der Waals surface area (Å²) in [6, 6.07) is 1.98. The van der Waals surface area contributed by atoms with Crippen molar-refractivity contribution in [3.05, 3.63) is 0 Å². The van der Waals surface area contributed by atoms with Crippen molar-refractivity contribution < 1.29 is 27.0 Å². The number of amides is 1. The maximum atomic E-state index is 12.2. The van der Waals surface area contributed by atoms with E-state index in [-0.39, 0.29) is 18.8 Å². The van der Waals surface area contributed by atoms with Crippen molar-refractivity contribution in [3.63, 3.8) is 0 Å². The van der Waals surface area contributed by atoms with Gasteiger partial charge in [0.15, 0.2) is 0 Å². The van der Waals surface area contributed by atoms with E-state index < -0.39 is 33.8 Å². The number of carbonyl (C=O) groups is 1. The summed E-state index contributed by atoms with van der Waals surface area (Å²) in [6.45, 7) is 4.59. The molecule has 23 heavy (non-hydrogen) atoms. The number of rotatable bonds is 4. The highest BCUT2D eigenvalue weighted by atomic mass is 32.2. The van der Waals surface area contributed by atoms with Gasteiger partial charge in [-0.15, -0.1) is 0 Å². The fourth-order valence-corrected chi connectivity index (χ4v) is 2.37. The molecule has 1 saturated heterocycles. The van der Waals surface area contributed by atoms with Gasteiger partial charge in [-0.05, 0) is 20.8 Å². The lowest BCUT2D eigenvalue weighted by molar-refractivity contribution is 0.0276. The number of likely N-dealkylation sites (tertiary alicyclic amines) is 1. The average Bonchev–Trinajstić information content (AvgIpc) is 2.74. The second kappa shape index (κ2) is 6.72. The number of nitriles is 1. The second-order valence-electron chi connectivity index (χ2n) is 6.22. The molecule has 1 atom stereocenters. The van der Waals surface area contributed by atoms with E-state index in [2.05, 4.69) is 5.16 Å². The first-order chi connectivity index (χ1) is 10.4. The molecule has 1 fully saturated rings. The van der Waals surface area contributed by atoms with E-state index in [0.29, 0.717) is 0 Å². The molecule has 0 bridgehead atoms. The van der Waals surface area contributed by atoms with Gasteiger partial charge in [0, 0.05) is 0 Å². The van der Waals surface area contributed by atoms with Gasteiger partial charge in [0.2, 0.25) is 0 Å². The zero-order valence-corrected chi connectivity index (χ0v) is 14.6. The molecule has 0 aromatic heterocycles. The summed E-state index contributed by atoms with van der Waals surface area (Å²) < 4.78 is 32.4. The van der Waals surface area contributed by atoms with Gasteiger partial charge in [-0.25, -0.2) is 4.79 Å². The van der Waals surface area contributed by atoms with Crippen LogP contribution in [-0.4, -0.2) is 63.8 Å². The molecule has 0 N–H and O–H groups in total. The smallest absolute Gasteiger partial charge is 0.410 e. The Labute approximate surface area is 135 Å². The van der Waals surface area contributed by atoms with Crippen LogP contribution in [0.1, 0.15) is 20.8 Å². The van der Waals surface area contributed by atoms with Gasteiger partial charge < -0.3 is 14.5 Å². The van der Waals surface area contributed by atoms with Crippen molar-refractivity contribution in [2.24, 2.45) is 10.6 Å². The van der Waals surface area contributed by atoms with E-state index in [4.69, 9.17) is 13.8 Å². The molecule has 9 nitrogen and oxygen atoms in total. The van der Waals surface area contributed by atoms with Crippen molar-refractivity contribution in [1.82, 2.24) is 4.90 Å². The number of oxime groups is 1. The Hall–Kier alpha value is -1.86. The molecular weight excluding hydrogens is 326 g/mol. The number of hydrogen-bond donors (Lipinski definition) is 0. The van der Waals surface area contributed by atoms with Crippen LogP contribution in [0.3, 0.4) is 0 Å². The van der Waals surface area contributed by atoms with E-state index in [9.17, 15) is 18.5 Å². The minimum absolute atomic E-state index is 0.0105. The van der Waals surface area contributed by atoms with Gasteiger partial charge >= 0.3 is 6.09 Å². The minimum Gasteiger partial charge on any atom is -0.444 e. The van der Waals surface area contributed by atoms with Gasteiger partial charge in [-0.2, -0.15) is 13.7 Å². The molecule has 1 rings (SSSR count). The first kappa shape index (κ1) is 19.2. The molecule has 1 aliphatic rings. The van der Waals surface area contributed by atoms with Gasteiger partial charge in [0.1, 0.15) is 23.8 Å². The predicted octanol–water partition coefficient (Wildman–Crippen LogP) is 0.726. The highest BCUT2D eigenvalue weighted by Crippen LogP contribution is 2.30. The highest BCUT2D eigenvalue weighted by Gasteiger charge is 2.49. The molecule has 1 aliphatic heterocycles. The summed E-state index contributed by atoms with van der Waals surface area (Å²) in [4.78, 5) is 18.1. The summed E-state index contributed by atoms with van der Waals surface area (Å²) in [5.41, 5.74) is -1.90. The quantitative estimate of drug-likeness (QED) is 0.543. The van der Waals surface area contributed by atoms with E-state index in [0.717, 1.165) is 6.26 Å². The Morgan fingerprint density at radius 3 is 2.52 bits per heavy atom. The van der Waals surface area contributed by atoms with E-state index >= 15 is 0 Å². The Balaban J connectivity index is 3.03. The fourth-order valence-electron chi connectivity index (χ4n) is 1.96. The van der Waals surface area contributed by atoms with Crippen molar-refractivity contribution in [1.29, 1.82) is 5.26 Å². The molecule has 0 aromatic carbocycles. The van der Waals surface area contributed by atoms with Crippen LogP contribution in [0.4, 0.5) is 4.79 Å². The molecule has 0 aromatic rings. The summed E-state index contributed by atoms with van der Waals surface area (Å²) in [5, 5.41) is 13.3. The third kappa shape index (κ3) is 5.37. The maximum Gasteiger partial charge on any atom is 0.410 e. The maximum absolute atomic E-state index is 12.2. The number of carbonyl (C=O) groups excluding carboxylic acids is 1. The number of nitrogens with zero attached hydrogens (tertiary/aromatic N) is 3. The topological polar surface area (TPSA) is 118 Å². The molecule has 1 unspecified atom stereocenters. The lowest BCUT2D eigenvalue weighted by Crippen LogP contribution is -2.38. The third-order valence-electron chi connectivity index (χ3n) is 2.94. The number of hydrogen-bond acceptors (Lipinski definition) is 8. The van der Waals surface area contributed by atoms with Gasteiger partial charge in [0.05, 0.1) is 32.0 Å². The molecule has 10 heteroatoms. The van der Waals surface area contributed by atoms with Crippen molar-refractivity contribution >= 4 is 21.9 Å². The van der Waals surface area contributed by atoms with Crippen molar-refractivity contribution in [2.45, 2.75) is 26.4 Å². The molecule has 0 spiro atoms. The van der Waals surface area contributed by atoms with Crippen LogP contribution in [0.2, 0.25) is 0 Å². The zero-order chi connectivity index (χ0) is 17.9. The SMILES string of the molecule is CO/N=C1\CN(C(=O)OC(C)(C)C)CC1(C#N)COS(C)(=O)=O.